The Bertz CT molecular complexity index is 636. The van der Waals surface area contributed by atoms with Crippen molar-refractivity contribution >= 4 is 17.6 Å². The standard InChI is InChI=1S/C16H16N2O2/c1-11-8-9-14(12(2)10-11)17-16(20)18-15(19)13-6-4-3-5-7-13/h3-10H,1-2H3,(H2,17,18,19,20). The molecule has 0 aliphatic rings. The highest BCUT2D eigenvalue weighted by atomic mass is 16.2. The molecule has 0 saturated carbocycles. The molecule has 0 saturated heterocycles. The summed E-state index contributed by atoms with van der Waals surface area (Å²) in [4.78, 5) is 23.6. The number of benzene rings is 2. The maximum absolute atomic E-state index is 11.8. The topological polar surface area (TPSA) is 58.2 Å². The smallest absolute Gasteiger partial charge is 0.307 e. The van der Waals surface area contributed by atoms with Crippen molar-refractivity contribution in [2.24, 2.45) is 0 Å². The third-order valence-corrected chi connectivity index (χ3v) is 2.89. The molecule has 2 rings (SSSR count). The number of aryl methyl sites for hydroxylation is 2. The summed E-state index contributed by atoms with van der Waals surface area (Å²) in [7, 11) is 0. The summed E-state index contributed by atoms with van der Waals surface area (Å²) >= 11 is 0. The maximum Gasteiger partial charge on any atom is 0.326 e. The van der Waals surface area contributed by atoms with Crippen LogP contribution in [-0.2, 0) is 0 Å². The number of hydrogen-bond donors (Lipinski definition) is 2. The van der Waals surface area contributed by atoms with E-state index in [1.807, 2.05) is 38.1 Å². The number of anilines is 1. The first kappa shape index (κ1) is 13.8. The number of amides is 3. The number of rotatable bonds is 2. The van der Waals surface area contributed by atoms with E-state index in [-0.39, 0.29) is 0 Å². The van der Waals surface area contributed by atoms with Gasteiger partial charge in [0.1, 0.15) is 0 Å². The highest BCUT2D eigenvalue weighted by Gasteiger charge is 2.10. The van der Waals surface area contributed by atoms with Gasteiger partial charge >= 0.3 is 6.03 Å². The van der Waals surface area contributed by atoms with Crippen molar-refractivity contribution in [1.29, 1.82) is 0 Å². The predicted molar refractivity (Wildman–Crippen MR) is 78.8 cm³/mol. The summed E-state index contributed by atoms with van der Waals surface area (Å²) in [6.45, 7) is 3.89. The van der Waals surface area contributed by atoms with Gasteiger partial charge in [0.05, 0.1) is 0 Å². The van der Waals surface area contributed by atoms with Gasteiger partial charge in [-0.15, -0.1) is 0 Å². The molecule has 0 fully saturated rings. The Labute approximate surface area is 117 Å². The minimum absolute atomic E-state index is 0.423. The van der Waals surface area contributed by atoms with Crippen molar-refractivity contribution < 1.29 is 9.59 Å². The third-order valence-electron chi connectivity index (χ3n) is 2.89. The monoisotopic (exact) mass is 268 g/mol. The third kappa shape index (κ3) is 3.45. The zero-order chi connectivity index (χ0) is 14.5. The Kier molecular flexibility index (Phi) is 4.15. The number of carbonyl (C=O) groups excluding carboxylic acids is 2. The van der Waals surface area contributed by atoms with Crippen molar-refractivity contribution in [3.05, 3.63) is 65.2 Å². The minimum atomic E-state index is -0.536. The van der Waals surface area contributed by atoms with Crippen LogP contribution in [0.2, 0.25) is 0 Å². The van der Waals surface area contributed by atoms with Crippen molar-refractivity contribution in [2.75, 3.05) is 5.32 Å². The molecule has 0 radical (unpaired) electrons. The summed E-state index contributed by atoms with van der Waals surface area (Å²) in [5.41, 5.74) is 3.21. The molecule has 3 amide bonds. The number of imide groups is 1. The van der Waals surface area contributed by atoms with Crippen LogP contribution in [0.4, 0.5) is 10.5 Å². The second-order valence-electron chi connectivity index (χ2n) is 4.59. The lowest BCUT2D eigenvalue weighted by molar-refractivity contribution is 0.0967. The fourth-order valence-corrected chi connectivity index (χ4v) is 1.87. The molecule has 102 valence electrons. The van der Waals surface area contributed by atoms with Crippen molar-refractivity contribution in [2.45, 2.75) is 13.8 Å². The van der Waals surface area contributed by atoms with Crippen LogP contribution in [0.15, 0.2) is 48.5 Å². The van der Waals surface area contributed by atoms with Gasteiger partial charge in [-0.3, -0.25) is 10.1 Å². The highest BCUT2D eigenvalue weighted by molar-refractivity contribution is 6.08. The summed E-state index contributed by atoms with van der Waals surface area (Å²) < 4.78 is 0. The van der Waals surface area contributed by atoms with Crippen molar-refractivity contribution in [1.82, 2.24) is 5.32 Å². The van der Waals surface area contributed by atoms with Gasteiger partial charge in [0, 0.05) is 11.3 Å². The average molecular weight is 268 g/mol. The average Bonchev–Trinajstić information content (AvgIpc) is 2.43. The Morgan fingerprint density at radius 3 is 2.30 bits per heavy atom. The molecule has 0 unspecified atom stereocenters. The van der Waals surface area contributed by atoms with E-state index in [1.54, 1.807) is 24.3 Å². The molecule has 4 heteroatoms. The summed E-state index contributed by atoms with van der Waals surface area (Å²) in [5.74, 6) is -0.423. The molecule has 0 heterocycles. The normalized spacial score (nSPS) is 9.90. The van der Waals surface area contributed by atoms with E-state index in [0.717, 1.165) is 11.1 Å². The largest absolute Gasteiger partial charge is 0.326 e. The fraction of sp³-hybridized carbons (Fsp3) is 0.125. The van der Waals surface area contributed by atoms with E-state index in [2.05, 4.69) is 10.6 Å². The number of hydrogen-bond acceptors (Lipinski definition) is 2. The lowest BCUT2D eigenvalue weighted by atomic mass is 10.1. The van der Waals surface area contributed by atoms with Crippen LogP contribution in [-0.4, -0.2) is 11.9 Å². The predicted octanol–water partition coefficient (Wildman–Crippen LogP) is 3.27. The first-order chi connectivity index (χ1) is 9.56. The summed E-state index contributed by atoms with van der Waals surface area (Å²) in [6.07, 6.45) is 0. The first-order valence-electron chi connectivity index (χ1n) is 6.31. The molecule has 0 aliphatic heterocycles. The van der Waals surface area contributed by atoms with Crippen molar-refractivity contribution in [3.8, 4) is 0 Å². The zero-order valence-corrected chi connectivity index (χ0v) is 11.4. The van der Waals surface area contributed by atoms with Crippen LogP contribution in [0.5, 0.6) is 0 Å². The Balaban J connectivity index is 2.01. The highest BCUT2D eigenvalue weighted by Crippen LogP contribution is 2.15. The van der Waals surface area contributed by atoms with Gasteiger partial charge in [-0.05, 0) is 37.6 Å². The Morgan fingerprint density at radius 2 is 1.65 bits per heavy atom. The molecule has 20 heavy (non-hydrogen) atoms. The fourth-order valence-electron chi connectivity index (χ4n) is 1.87. The van der Waals surface area contributed by atoms with E-state index in [1.165, 1.54) is 0 Å². The number of carbonyl (C=O) groups is 2. The quantitative estimate of drug-likeness (QED) is 0.878. The lowest BCUT2D eigenvalue weighted by Gasteiger charge is -2.09. The van der Waals surface area contributed by atoms with Gasteiger partial charge in [-0.2, -0.15) is 0 Å². The molecular formula is C16H16N2O2. The molecule has 0 spiro atoms. The molecule has 0 bridgehead atoms. The second kappa shape index (κ2) is 6.02. The first-order valence-corrected chi connectivity index (χ1v) is 6.31. The zero-order valence-electron chi connectivity index (χ0n) is 11.4. The molecular weight excluding hydrogens is 252 g/mol. The molecule has 4 nitrogen and oxygen atoms in total. The maximum atomic E-state index is 11.8. The van der Waals surface area contributed by atoms with E-state index < -0.39 is 11.9 Å². The van der Waals surface area contributed by atoms with Gasteiger partial charge < -0.3 is 5.32 Å². The van der Waals surface area contributed by atoms with Gasteiger partial charge in [-0.1, -0.05) is 35.9 Å². The summed E-state index contributed by atoms with van der Waals surface area (Å²) in [5, 5.41) is 4.96. The van der Waals surface area contributed by atoms with E-state index in [4.69, 9.17) is 0 Å². The van der Waals surface area contributed by atoms with E-state index >= 15 is 0 Å². The van der Waals surface area contributed by atoms with Crippen LogP contribution in [0.25, 0.3) is 0 Å². The SMILES string of the molecule is Cc1ccc(NC(=O)NC(=O)c2ccccc2)c(C)c1. The van der Waals surface area contributed by atoms with Crippen LogP contribution < -0.4 is 10.6 Å². The molecule has 2 N–H and O–H groups in total. The number of urea groups is 1. The molecule has 2 aromatic rings. The van der Waals surface area contributed by atoms with Crippen molar-refractivity contribution in [3.63, 3.8) is 0 Å². The number of nitrogens with one attached hydrogen (secondary N) is 2. The molecule has 0 aromatic heterocycles. The van der Waals surface area contributed by atoms with E-state index in [9.17, 15) is 9.59 Å². The minimum Gasteiger partial charge on any atom is -0.307 e. The van der Waals surface area contributed by atoms with Gasteiger partial charge in [-0.25, -0.2) is 4.79 Å². The molecule has 0 atom stereocenters. The molecule has 2 aromatic carbocycles. The Hall–Kier alpha value is -2.62. The molecule has 0 aliphatic carbocycles. The summed E-state index contributed by atoms with van der Waals surface area (Å²) in [6, 6.07) is 13.8. The van der Waals surface area contributed by atoms with E-state index in [0.29, 0.717) is 11.3 Å². The van der Waals surface area contributed by atoms with Crippen LogP contribution in [0.1, 0.15) is 21.5 Å². The van der Waals surface area contributed by atoms with Crippen LogP contribution >= 0.6 is 0 Å². The van der Waals surface area contributed by atoms with Gasteiger partial charge in [0.25, 0.3) is 5.91 Å². The second-order valence-corrected chi connectivity index (χ2v) is 4.59. The lowest BCUT2D eigenvalue weighted by Crippen LogP contribution is -2.34. The van der Waals surface area contributed by atoms with Gasteiger partial charge in [0.15, 0.2) is 0 Å². The van der Waals surface area contributed by atoms with Crippen LogP contribution in [0, 0.1) is 13.8 Å². The van der Waals surface area contributed by atoms with Crippen LogP contribution in [0.3, 0.4) is 0 Å². The van der Waals surface area contributed by atoms with Gasteiger partial charge in [0.2, 0.25) is 0 Å². The Morgan fingerprint density at radius 1 is 0.950 bits per heavy atom.